The molecule has 2 aliphatic rings. The van der Waals surface area contributed by atoms with Gasteiger partial charge in [-0.3, -0.25) is 22.9 Å². The van der Waals surface area contributed by atoms with Crippen LogP contribution >= 0.6 is 23.5 Å². The van der Waals surface area contributed by atoms with Gasteiger partial charge in [0.2, 0.25) is 0 Å². The highest BCUT2D eigenvalue weighted by molar-refractivity contribution is 7.61. The van der Waals surface area contributed by atoms with Crippen molar-refractivity contribution in [3.05, 3.63) is 42.7 Å². The minimum Gasteiger partial charge on any atom is -0.387 e. The monoisotopic (exact) mass is 758 g/mol. The molecule has 0 radical (unpaired) electrons. The number of pyridine rings is 1. The van der Waals surface area contributed by atoms with Gasteiger partial charge in [-0.25, -0.2) is 28.6 Å². The Morgan fingerprint density at radius 2 is 1.65 bits per heavy atom. The van der Waals surface area contributed by atoms with E-state index in [1.54, 1.807) is 7.05 Å². The van der Waals surface area contributed by atoms with Gasteiger partial charge in [-0.15, -0.1) is 0 Å². The van der Waals surface area contributed by atoms with Crippen LogP contribution in [0.25, 0.3) is 11.2 Å². The summed E-state index contributed by atoms with van der Waals surface area (Å²) in [6, 6.07) is 2.80. The number of carbonyl (C=O) groups excluding carboxylic acids is 1. The molecule has 27 heteroatoms. The van der Waals surface area contributed by atoms with Gasteiger partial charge < -0.3 is 55.4 Å². The Bertz CT molecular complexity index is 1830. The number of aromatic nitrogens is 5. The summed E-state index contributed by atoms with van der Waals surface area (Å²) in [6.07, 6.45) is -8.13. The first-order chi connectivity index (χ1) is 22.9. The van der Waals surface area contributed by atoms with Crippen LogP contribution in [-0.2, 0) is 41.1 Å². The highest BCUT2D eigenvalue weighted by Gasteiger charge is 2.51. The van der Waals surface area contributed by atoms with E-state index in [9.17, 15) is 53.4 Å². The standard InChI is InChI=1S/C22H30N7O17P3/c1-24-19-13-20(26-8-25-19)29(9-27-13)22-17(45-47(34,35)36)15(31)12(44-22)7-42-49(39,40)46-48(37,38)41-6-11-14(30)16(32)21(43-11)28-4-2-3-10(5-28)18(23)33/h2-5,8-9,11-12,14-17,21-22,30-32H,6-7H2,1H3,(H6-,23,24,25,26,33,34,35,36,37,38,39,40)/p+1/t11-,12+,14?,15-,16+,17?,21-,22+/m1/s1. The van der Waals surface area contributed by atoms with Crippen molar-refractivity contribution in [3.8, 4) is 0 Å². The van der Waals surface area contributed by atoms with E-state index in [4.69, 9.17) is 24.3 Å². The van der Waals surface area contributed by atoms with Gasteiger partial charge in [-0.05, 0) is 6.07 Å². The minimum atomic E-state index is -5.52. The second-order valence-corrected chi connectivity index (χ2v) is 14.7. The van der Waals surface area contributed by atoms with Crippen molar-refractivity contribution in [1.29, 1.82) is 0 Å². The Morgan fingerprint density at radius 1 is 1.00 bits per heavy atom. The first-order valence-electron chi connectivity index (χ1n) is 13.8. The molecule has 0 saturated carbocycles. The number of carbonyl (C=O) groups is 1. The van der Waals surface area contributed by atoms with Crippen molar-refractivity contribution in [2.45, 2.75) is 49.1 Å². The number of anilines is 1. The number of amides is 1. The molecular formula is C22H31N7O17P3+. The second kappa shape index (κ2) is 14.4. The van der Waals surface area contributed by atoms with Crippen molar-refractivity contribution in [2.75, 3.05) is 25.6 Å². The van der Waals surface area contributed by atoms with Gasteiger partial charge in [0.1, 0.15) is 47.9 Å². The van der Waals surface area contributed by atoms with Crippen molar-refractivity contribution in [2.24, 2.45) is 5.73 Å². The van der Waals surface area contributed by atoms with E-state index >= 15 is 0 Å². The Balaban J connectivity index is 1.22. The summed E-state index contributed by atoms with van der Waals surface area (Å²) in [7, 11) is -14.7. The molecule has 3 aromatic heterocycles. The van der Waals surface area contributed by atoms with Crippen molar-refractivity contribution >= 4 is 46.4 Å². The summed E-state index contributed by atoms with van der Waals surface area (Å²) in [6.45, 7) is -2.01. The van der Waals surface area contributed by atoms with E-state index in [0.717, 1.165) is 17.2 Å². The minimum absolute atomic E-state index is 0.0447. The number of aliphatic hydroxyl groups excluding tert-OH is 3. The Morgan fingerprint density at radius 3 is 2.27 bits per heavy atom. The molecule has 2 fully saturated rings. The highest BCUT2D eigenvalue weighted by atomic mass is 31.3. The number of phosphoric acid groups is 3. The molecule has 24 nitrogen and oxygen atoms in total. The molecular weight excluding hydrogens is 727 g/mol. The number of ether oxygens (including phenoxy) is 2. The van der Waals surface area contributed by atoms with Crippen LogP contribution in [0.2, 0.25) is 0 Å². The molecule has 49 heavy (non-hydrogen) atoms. The molecule has 270 valence electrons. The second-order valence-electron chi connectivity index (χ2n) is 10.5. The number of hydrogen-bond donors (Lipinski definition) is 9. The van der Waals surface area contributed by atoms with Crippen LogP contribution < -0.4 is 15.6 Å². The van der Waals surface area contributed by atoms with E-state index in [0.29, 0.717) is 0 Å². The Kier molecular flexibility index (Phi) is 11.0. The van der Waals surface area contributed by atoms with Gasteiger partial charge in [0.25, 0.3) is 12.1 Å². The molecule has 1 amide bonds. The molecule has 10 N–H and O–H groups in total. The van der Waals surface area contributed by atoms with Crippen molar-refractivity contribution in [1.82, 2.24) is 19.5 Å². The van der Waals surface area contributed by atoms with Crippen LogP contribution in [0.5, 0.6) is 0 Å². The predicted octanol–water partition coefficient (Wildman–Crippen LogP) is -2.44. The molecule has 5 heterocycles. The van der Waals surface area contributed by atoms with E-state index in [-0.39, 0.29) is 22.5 Å². The number of primary amides is 1. The zero-order chi connectivity index (χ0) is 35.9. The third kappa shape index (κ3) is 8.55. The quantitative estimate of drug-likeness (QED) is 0.0609. The molecule has 0 bridgehead atoms. The van der Waals surface area contributed by atoms with Crippen LogP contribution in [0, 0.1) is 0 Å². The largest absolute Gasteiger partial charge is 0.481 e. The lowest BCUT2D eigenvalue weighted by atomic mass is 10.1. The Hall–Kier alpha value is -2.86. The smallest absolute Gasteiger partial charge is 0.387 e. The number of phosphoric ester groups is 3. The maximum atomic E-state index is 12.6. The highest BCUT2D eigenvalue weighted by Crippen LogP contribution is 2.61. The fourth-order valence-electron chi connectivity index (χ4n) is 5.00. The number of hydrogen-bond acceptors (Lipinski definition) is 17. The molecule has 3 aromatic rings. The lowest BCUT2D eigenvalue weighted by Gasteiger charge is -2.22. The molecule has 10 atom stereocenters. The zero-order valence-corrected chi connectivity index (χ0v) is 27.5. The van der Waals surface area contributed by atoms with Crippen LogP contribution in [-0.4, -0.2) is 117 Å². The third-order valence-corrected chi connectivity index (χ3v) is 10.3. The van der Waals surface area contributed by atoms with E-state index < -0.39 is 91.7 Å². The average Bonchev–Trinajstić information content (AvgIpc) is 3.67. The first kappa shape index (κ1) is 37.4. The summed E-state index contributed by atoms with van der Waals surface area (Å²) in [5.74, 6) is -0.507. The van der Waals surface area contributed by atoms with Crippen LogP contribution in [0.1, 0.15) is 22.8 Å². The zero-order valence-electron chi connectivity index (χ0n) is 24.9. The van der Waals surface area contributed by atoms with Gasteiger partial charge in [-0.2, -0.15) is 8.88 Å². The number of nitrogens with two attached hydrogens (primary N) is 1. The summed E-state index contributed by atoms with van der Waals surface area (Å²) in [5.41, 5.74) is 5.58. The number of aliphatic hydroxyl groups is 3. The van der Waals surface area contributed by atoms with E-state index in [2.05, 4.69) is 29.1 Å². The number of nitrogens with zero attached hydrogens (tertiary/aromatic N) is 5. The van der Waals surface area contributed by atoms with Gasteiger partial charge in [-0.1, -0.05) is 0 Å². The molecule has 0 aliphatic carbocycles. The van der Waals surface area contributed by atoms with Crippen LogP contribution in [0.4, 0.5) is 5.82 Å². The predicted molar refractivity (Wildman–Crippen MR) is 155 cm³/mol. The van der Waals surface area contributed by atoms with Crippen molar-refractivity contribution in [3.63, 3.8) is 0 Å². The summed E-state index contributed by atoms with van der Waals surface area (Å²) < 4.78 is 68.7. The van der Waals surface area contributed by atoms with Crippen LogP contribution in [0.3, 0.4) is 0 Å². The molecule has 2 aliphatic heterocycles. The topological polar surface area (TPSA) is 351 Å². The maximum absolute atomic E-state index is 12.6. The number of imidazole rings is 1. The molecule has 0 aromatic carbocycles. The van der Waals surface area contributed by atoms with Gasteiger partial charge in [0.05, 0.1) is 19.5 Å². The van der Waals surface area contributed by atoms with Gasteiger partial charge in [0.15, 0.2) is 36.2 Å². The maximum Gasteiger partial charge on any atom is 0.481 e. The SMILES string of the molecule is CNc1ncnc2c1ncn2[C@H]1O[C@@H](COP(=O)(O)OP(=O)(O)OC[C@H]2O[C@@H]([n+]3cccc(C(N)=O)c3)[C@@H](O)C2O)[C@@H](O)C1OP(=O)(O)O. The fourth-order valence-corrected chi connectivity index (χ4v) is 7.63. The molecule has 4 unspecified atom stereocenters. The van der Waals surface area contributed by atoms with E-state index in [1.807, 2.05) is 0 Å². The lowest BCUT2D eigenvalue weighted by Crippen LogP contribution is -2.46. The van der Waals surface area contributed by atoms with Gasteiger partial charge in [0, 0.05) is 13.1 Å². The first-order valence-corrected chi connectivity index (χ1v) is 18.3. The third-order valence-electron chi connectivity index (χ3n) is 7.19. The molecule has 2 saturated heterocycles. The number of rotatable bonds is 14. The molecule has 0 spiro atoms. The fraction of sp³-hybridized carbons (Fsp3) is 0.500. The Labute approximate surface area is 274 Å². The van der Waals surface area contributed by atoms with Crippen molar-refractivity contribution < 1.29 is 85.3 Å². The lowest BCUT2D eigenvalue weighted by molar-refractivity contribution is -0.765. The number of nitrogens with one attached hydrogen (secondary N) is 1. The summed E-state index contributed by atoms with van der Waals surface area (Å²) in [4.78, 5) is 62.8. The van der Waals surface area contributed by atoms with E-state index in [1.165, 1.54) is 29.1 Å². The summed E-state index contributed by atoms with van der Waals surface area (Å²) in [5, 5.41) is 34.4. The summed E-state index contributed by atoms with van der Waals surface area (Å²) >= 11 is 0. The normalized spacial score (nSPS) is 29.9. The van der Waals surface area contributed by atoms with Gasteiger partial charge >= 0.3 is 23.5 Å². The average molecular weight is 758 g/mol. The molecule has 5 rings (SSSR count). The number of fused-ring (bicyclic) bond motifs is 1. The van der Waals surface area contributed by atoms with Crippen LogP contribution in [0.15, 0.2) is 37.2 Å².